The van der Waals surface area contributed by atoms with E-state index in [0.717, 1.165) is 28.3 Å². The van der Waals surface area contributed by atoms with Crippen molar-refractivity contribution in [1.29, 1.82) is 0 Å². The van der Waals surface area contributed by atoms with Gasteiger partial charge in [0.05, 0.1) is 17.5 Å². The van der Waals surface area contributed by atoms with E-state index in [4.69, 9.17) is 26.2 Å². The minimum atomic E-state index is 0.567. The molecule has 3 nitrogen and oxygen atoms in total. The first-order chi connectivity index (χ1) is 7.83. The molecule has 0 unspecified atom stereocenters. The zero-order chi connectivity index (χ0) is 11.1. The van der Waals surface area contributed by atoms with Crippen molar-refractivity contribution < 1.29 is 8.83 Å². The summed E-state index contributed by atoms with van der Waals surface area (Å²) in [6.45, 7) is 0.567. The maximum absolute atomic E-state index is 6.24. The van der Waals surface area contributed by atoms with Crippen molar-refractivity contribution in [3.63, 3.8) is 0 Å². The molecule has 0 radical (unpaired) electrons. The molecule has 0 fully saturated rings. The molecule has 3 rings (SSSR count). The fourth-order valence-electron chi connectivity index (χ4n) is 2.07. The minimum absolute atomic E-state index is 0.567. The van der Waals surface area contributed by atoms with E-state index in [9.17, 15) is 0 Å². The van der Waals surface area contributed by atoms with Crippen molar-refractivity contribution >= 4 is 33.5 Å². The third-order valence-corrected chi connectivity index (χ3v) is 3.14. The third kappa shape index (κ3) is 1.19. The first-order valence-electron chi connectivity index (χ1n) is 5.07. The van der Waals surface area contributed by atoms with Gasteiger partial charge in [0.2, 0.25) is 0 Å². The van der Waals surface area contributed by atoms with Crippen LogP contribution >= 0.6 is 11.6 Å². The molecule has 0 aliphatic heterocycles. The lowest BCUT2D eigenvalue weighted by Gasteiger charge is -2.04. The minimum Gasteiger partial charge on any atom is -0.464 e. The Morgan fingerprint density at radius 3 is 2.50 bits per heavy atom. The fraction of sp³-hybridized carbons (Fsp3) is 0.167. The van der Waals surface area contributed by atoms with Crippen molar-refractivity contribution in [2.45, 2.75) is 6.42 Å². The molecule has 0 atom stereocenters. The van der Waals surface area contributed by atoms with E-state index in [0.29, 0.717) is 17.2 Å². The van der Waals surface area contributed by atoms with E-state index >= 15 is 0 Å². The van der Waals surface area contributed by atoms with E-state index in [1.54, 1.807) is 12.5 Å². The third-order valence-electron chi connectivity index (χ3n) is 2.76. The van der Waals surface area contributed by atoms with Gasteiger partial charge in [0, 0.05) is 16.3 Å². The van der Waals surface area contributed by atoms with Crippen LogP contribution in [-0.4, -0.2) is 6.54 Å². The molecule has 4 heteroatoms. The second-order valence-electron chi connectivity index (χ2n) is 3.66. The summed E-state index contributed by atoms with van der Waals surface area (Å²) >= 11 is 6.24. The number of fused-ring (bicyclic) bond motifs is 2. The first-order valence-corrected chi connectivity index (χ1v) is 5.45. The van der Waals surface area contributed by atoms with Crippen molar-refractivity contribution in [2.24, 2.45) is 5.73 Å². The SMILES string of the molecule is NCCc1c2ccoc2c(Cl)c2ccoc12. The number of furan rings is 2. The molecular weight excluding hydrogens is 226 g/mol. The number of rotatable bonds is 2. The van der Waals surface area contributed by atoms with E-state index in [-0.39, 0.29) is 0 Å². The highest BCUT2D eigenvalue weighted by Crippen LogP contribution is 2.37. The Hall–Kier alpha value is -1.45. The molecule has 0 saturated carbocycles. The van der Waals surface area contributed by atoms with Crippen molar-refractivity contribution in [3.8, 4) is 0 Å². The Bertz CT molecular complexity index is 602. The van der Waals surface area contributed by atoms with Crippen LogP contribution in [0.25, 0.3) is 21.9 Å². The molecule has 0 amide bonds. The van der Waals surface area contributed by atoms with Crippen LogP contribution in [0, 0.1) is 0 Å². The molecule has 0 saturated heterocycles. The van der Waals surface area contributed by atoms with Gasteiger partial charge in [-0.05, 0) is 25.1 Å². The van der Waals surface area contributed by atoms with Crippen LogP contribution in [0.5, 0.6) is 0 Å². The molecule has 2 aromatic heterocycles. The van der Waals surface area contributed by atoms with Gasteiger partial charge < -0.3 is 14.6 Å². The van der Waals surface area contributed by atoms with Crippen LogP contribution < -0.4 is 5.73 Å². The molecule has 0 aliphatic carbocycles. The van der Waals surface area contributed by atoms with Crippen molar-refractivity contribution in [3.05, 3.63) is 35.2 Å². The van der Waals surface area contributed by atoms with Gasteiger partial charge in [-0.2, -0.15) is 0 Å². The summed E-state index contributed by atoms with van der Waals surface area (Å²) in [5.41, 5.74) is 8.20. The molecule has 2 heterocycles. The van der Waals surface area contributed by atoms with Gasteiger partial charge in [0.1, 0.15) is 5.58 Å². The maximum Gasteiger partial charge on any atom is 0.153 e. The zero-order valence-corrected chi connectivity index (χ0v) is 9.25. The van der Waals surface area contributed by atoms with Crippen LogP contribution in [-0.2, 0) is 6.42 Å². The average molecular weight is 236 g/mol. The highest BCUT2D eigenvalue weighted by Gasteiger charge is 2.16. The predicted octanol–water partition coefficient (Wildman–Crippen LogP) is 3.33. The molecule has 3 aromatic rings. The van der Waals surface area contributed by atoms with Crippen LogP contribution in [0.15, 0.2) is 33.5 Å². The molecule has 2 N–H and O–H groups in total. The molecule has 16 heavy (non-hydrogen) atoms. The highest BCUT2D eigenvalue weighted by atomic mass is 35.5. The standard InChI is InChI=1S/C12H10ClNO2/c13-10-9-3-6-15-11(9)7(1-4-14)8-2-5-16-12(8)10/h2-3,5-6H,1,4,14H2. The van der Waals surface area contributed by atoms with Crippen LogP contribution in [0.1, 0.15) is 5.56 Å². The normalized spacial score (nSPS) is 11.6. The van der Waals surface area contributed by atoms with Crippen molar-refractivity contribution in [2.75, 3.05) is 6.54 Å². The predicted molar refractivity (Wildman–Crippen MR) is 63.8 cm³/mol. The van der Waals surface area contributed by atoms with Gasteiger partial charge in [-0.15, -0.1) is 0 Å². The molecule has 0 spiro atoms. The van der Waals surface area contributed by atoms with Gasteiger partial charge >= 0.3 is 0 Å². The van der Waals surface area contributed by atoms with Crippen LogP contribution in [0.3, 0.4) is 0 Å². The smallest absolute Gasteiger partial charge is 0.153 e. The summed E-state index contributed by atoms with van der Waals surface area (Å²) in [6, 6.07) is 3.74. The lowest BCUT2D eigenvalue weighted by atomic mass is 10.0. The van der Waals surface area contributed by atoms with Gasteiger partial charge in [-0.3, -0.25) is 0 Å². The number of hydrogen-bond acceptors (Lipinski definition) is 3. The summed E-state index contributed by atoms with van der Waals surface area (Å²) in [7, 11) is 0. The van der Waals surface area contributed by atoms with Crippen LogP contribution in [0.4, 0.5) is 0 Å². The lowest BCUT2D eigenvalue weighted by Crippen LogP contribution is -2.03. The number of nitrogens with two attached hydrogens (primary N) is 1. The number of benzene rings is 1. The lowest BCUT2D eigenvalue weighted by molar-refractivity contribution is 0.608. The Balaban J connectivity index is 2.51. The second-order valence-corrected chi connectivity index (χ2v) is 4.04. The molecule has 1 aromatic carbocycles. The van der Waals surface area contributed by atoms with Crippen molar-refractivity contribution in [1.82, 2.24) is 0 Å². The van der Waals surface area contributed by atoms with E-state index < -0.39 is 0 Å². The summed E-state index contributed by atoms with van der Waals surface area (Å²) in [5.74, 6) is 0. The average Bonchev–Trinajstić information content (AvgIpc) is 2.92. The largest absolute Gasteiger partial charge is 0.464 e. The van der Waals surface area contributed by atoms with Gasteiger partial charge in [0.15, 0.2) is 5.58 Å². The summed E-state index contributed by atoms with van der Waals surface area (Å²) < 4.78 is 10.9. The Morgan fingerprint density at radius 2 is 1.75 bits per heavy atom. The fourth-order valence-corrected chi connectivity index (χ4v) is 2.37. The summed E-state index contributed by atoms with van der Waals surface area (Å²) in [4.78, 5) is 0. The summed E-state index contributed by atoms with van der Waals surface area (Å²) in [6.07, 6.45) is 4.02. The Kier molecular flexibility index (Phi) is 2.16. The summed E-state index contributed by atoms with van der Waals surface area (Å²) in [5, 5.41) is 2.47. The zero-order valence-electron chi connectivity index (χ0n) is 8.50. The molecule has 82 valence electrons. The van der Waals surface area contributed by atoms with Gasteiger partial charge in [-0.25, -0.2) is 0 Å². The monoisotopic (exact) mass is 235 g/mol. The number of hydrogen-bond donors (Lipinski definition) is 1. The van der Waals surface area contributed by atoms with E-state index in [1.807, 2.05) is 12.1 Å². The maximum atomic E-state index is 6.24. The van der Waals surface area contributed by atoms with Crippen LogP contribution in [0.2, 0.25) is 5.02 Å². The van der Waals surface area contributed by atoms with E-state index in [1.165, 1.54) is 0 Å². The molecular formula is C12H10ClNO2. The van der Waals surface area contributed by atoms with E-state index in [2.05, 4.69) is 0 Å². The first kappa shape index (κ1) is 9.75. The van der Waals surface area contributed by atoms with Gasteiger partial charge in [-0.1, -0.05) is 11.6 Å². The Morgan fingerprint density at radius 1 is 1.06 bits per heavy atom. The quantitative estimate of drug-likeness (QED) is 0.741. The topological polar surface area (TPSA) is 52.3 Å². The highest BCUT2D eigenvalue weighted by molar-refractivity contribution is 6.40. The molecule has 0 aliphatic rings. The second kappa shape index (κ2) is 3.54. The van der Waals surface area contributed by atoms with Gasteiger partial charge in [0.25, 0.3) is 0 Å². The number of halogens is 1. The molecule has 0 bridgehead atoms. The Labute approximate surface area is 96.8 Å².